The molecular weight excluding hydrogens is 208 g/mol. The number of aromatic nitrogens is 3. The van der Waals surface area contributed by atoms with Gasteiger partial charge in [0.25, 0.3) is 0 Å². The molecule has 16 heavy (non-hydrogen) atoms. The number of ketones is 1. The number of rotatable bonds is 1. The van der Waals surface area contributed by atoms with Crippen molar-refractivity contribution in [2.75, 3.05) is 6.54 Å². The van der Waals surface area contributed by atoms with Crippen molar-refractivity contribution in [3.63, 3.8) is 0 Å². The zero-order valence-electron chi connectivity index (χ0n) is 8.73. The van der Waals surface area contributed by atoms with Crippen LogP contribution >= 0.6 is 0 Å². The zero-order chi connectivity index (χ0) is 11.1. The highest BCUT2D eigenvalue weighted by Gasteiger charge is 2.21. The van der Waals surface area contributed by atoms with Gasteiger partial charge in [-0.1, -0.05) is 5.16 Å². The first kappa shape index (κ1) is 9.29. The van der Waals surface area contributed by atoms with Crippen LogP contribution in [0.3, 0.4) is 0 Å². The fourth-order valence-corrected chi connectivity index (χ4v) is 1.74. The van der Waals surface area contributed by atoms with Gasteiger partial charge >= 0.3 is 0 Å². The lowest BCUT2D eigenvalue weighted by molar-refractivity contribution is 0.0982. The molecule has 1 N–H and O–H groups in total. The summed E-state index contributed by atoms with van der Waals surface area (Å²) in [5.41, 5.74) is 1.43. The van der Waals surface area contributed by atoms with E-state index < -0.39 is 0 Å². The van der Waals surface area contributed by atoms with E-state index in [0.717, 1.165) is 5.69 Å². The van der Waals surface area contributed by atoms with Gasteiger partial charge in [0.05, 0.1) is 17.8 Å². The van der Waals surface area contributed by atoms with Crippen LogP contribution in [0.4, 0.5) is 0 Å². The second-order valence-corrected chi connectivity index (χ2v) is 3.76. The smallest absolute Gasteiger partial charge is 0.196 e. The third-order valence-corrected chi connectivity index (χ3v) is 2.52. The Morgan fingerprint density at radius 2 is 2.38 bits per heavy atom. The van der Waals surface area contributed by atoms with Gasteiger partial charge in [-0.25, -0.2) is 4.68 Å². The second-order valence-electron chi connectivity index (χ2n) is 3.76. The molecule has 1 aliphatic rings. The lowest BCUT2D eigenvalue weighted by atomic mass is 10.1. The molecule has 2 aromatic heterocycles. The Kier molecular flexibility index (Phi) is 1.90. The molecule has 2 aromatic rings. The van der Waals surface area contributed by atoms with E-state index in [4.69, 9.17) is 4.52 Å². The minimum atomic E-state index is 0.0627. The van der Waals surface area contributed by atoms with Crippen molar-refractivity contribution in [1.82, 2.24) is 20.3 Å². The highest BCUT2D eigenvalue weighted by Crippen LogP contribution is 2.15. The molecule has 0 atom stereocenters. The molecule has 3 rings (SSSR count). The Morgan fingerprint density at radius 1 is 1.50 bits per heavy atom. The van der Waals surface area contributed by atoms with Gasteiger partial charge in [0.2, 0.25) is 0 Å². The summed E-state index contributed by atoms with van der Waals surface area (Å²) >= 11 is 0. The molecule has 0 amide bonds. The fourth-order valence-electron chi connectivity index (χ4n) is 1.74. The maximum Gasteiger partial charge on any atom is 0.196 e. The summed E-state index contributed by atoms with van der Waals surface area (Å²) in [6, 6.07) is 1.77. The number of Topliss-reactive ketones (excluding diaryl/α,β-unsaturated/α-hetero) is 1. The third kappa shape index (κ3) is 1.35. The molecule has 0 bridgehead atoms. The molecule has 0 aromatic carbocycles. The summed E-state index contributed by atoms with van der Waals surface area (Å²) in [4.78, 5) is 11.6. The first-order valence-corrected chi connectivity index (χ1v) is 5.00. The Balaban J connectivity index is 2.07. The summed E-state index contributed by atoms with van der Waals surface area (Å²) in [6.45, 7) is 2.80. The van der Waals surface area contributed by atoms with Crippen molar-refractivity contribution in [2.24, 2.45) is 0 Å². The summed E-state index contributed by atoms with van der Waals surface area (Å²) in [5.74, 6) is 1.38. The van der Waals surface area contributed by atoms with Crippen molar-refractivity contribution in [3.8, 4) is 5.82 Å². The summed E-state index contributed by atoms with van der Waals surface area (Å²) in [7, 11) is 0. The normalized spacial score (nSPS) is 15.2. The van der Waals surface area contributed by atoms with Gasteiger partial charge in [-0.15, -0.1) is 0 Å². The third-order valence-electron chi connectivity index (χ3n) is 2.52. The van der Waals surface area contributed by atoms with Gasteiger partial charge in [0.1, 0.15) is 5.76 Å². The quantitative estimate of drug-likeness (QED) is 0.752. The van der Waals surface area contributed by atoms with Crippen molar-refractivity contribution in [2.45, 2.75) is 13.5 Å². The number of hydrogen-bond donors (Lipinski definition) is 1. The van der Waals surface area contributed by atoms with Crippen LogP contribution in [-0.2, 0) is 6.54 Å². The second kappa shape index (κ2) is 3.28. The summed E-state index contributed by atoms with van der Waals surface area (Å²) in [5, 5.41) is 11.1. The summed E-state index contributed by atoms with van der Waals surface area (Å²) in [6.07, 6.45) is 1.70. The monoisotopic (exact) mass is 218 g/mol. The van der Waals surface area contributed by atoms with Gasteiger partial charge in [-0.3, -0.25) is 4.79 Å². The van der Waals surface area contributed by atoms with Crippen molar-refractivity contribution < 1.29 is 9.32 Å². The number of fused-ring (bicyclic) bond motifs is 1. The highest BCUT2D eigenvalue weighted by molar-refractivity contribution is 5.99. The van der Waals surface area contributed by atoms with E-state index in [1.165, 1.54) is 0 Å². The summed E-state index contributed by atoms with van der Waals surface area (Å²) < 4.78 is 6.54. The molecule has 82 valence electrons. The molecule has 0 unspecified atom stereocenters. The Hall–Kier alpha value is -1.95. The molecule has 0 spiro atoms. The van der Waals surface area contributed by atoms with Crippen molar-refractivity contribution in [3.05, 3.63) is 29.3 Å². The van der Waals surface area contributed by atoms with E-state index in [1.54, 1.807) is 16.9 Å². The van der Waals surface area contributed by atoms with Crippen LogP contribution in [0.1, 0.15) is 21.8 Å². The van der Waals surface area contributed by atoms with Gasteiger partial charge in [0, 0.05) is 18.8 Å². The van der Waals surface area contributed by atoms with Gasteiger partial charge < -0.3 is 9.84 Å². The lowest BCUT2D eigenvalue weighted by Gasteiger charge is -2.08. The Morgan fingerprint density at radius 3 is 3.06 bits per heavy atom. The average Bonchev–Trinajstić information content (AvgIpc) is 2.84. The first-order valence-electron chi connectivity index (χ1n) is 5.00. The van der Waals surface area contributed by atoms with Gasteiger partial charge in [0.15, 0.2) is 11.6 Å². The molecular formula is C10H10N4O2. The molecule has 0 fully saturated rings. The average molecular weight is 218 g/mol. The van der Waals surface area contributed by atoms with Crippen molar-refractivity contribution >= 4 is 5.78 Å². The maximum atomic E-state index is 11.6. The fraction of sp³-hybridized carbons (Fsp3) is 0.300. The molecule has 1 aliphatic heterocycles. The predicted octanol–water partition coefficient (Wildman–Crippen LogP) is 0.455. The molecule has 6 heteroatoms. The molecule has 6 nitrogen and oxygen atoms in total. The lowest BCUT2D eigenvalue weighted by Crippen LogP contribution is -2.29. The number of carbonyl (C=O) groups is 1. The van der Waals surface area contributed by atoms with E-state index >= 15 is 0 Å². The topological polar surface area (TPSA) is 73.0 Å². The van der Waals surface area contributed by atoms with E-state index in [-0.39, 0.29) is 5.78 Å². The maximum absolute atomic E-state index is 11.6. The standard InChI is InChI=1S/C10H10N4O2/c1-6-2-10(13-16-6)14-5-7-8(12-14)3-11-4-9(7)15/h2,5,11H,3-4H2,1H3. The van der Waals surface area contributed by atoms with Crippen LogP contribution in [0, 0.1) is 6.92 Å². The molecule has 0 radical (unpaired) electrons. The number of hydrogen-bond acceptors (Lipinski definition) is 5. The highest BCUT2D eigenvalue weighted by atomic mass is 16.5. The van der Waals surface area contributed by atoms with E-state index in [9.17, 15) is 4.79 Å². The predicted molar refractivity (Wildman–Crippen MR) is 54.4 cm³/mol. The minimum Gasteiger partial charge on any atom is -0.359 e. The molecule has 0 aliphatic carbocycles. The van der Waals surface area contributed by atoms with Crippen LogP contribution in [0.2, 0.25) is 0 Å². The van der Waals surface area contributed by atoms with E-state index in [1.807, 2.05) is 6.92 Å². The largest absolute Gasteiger partial charge is 0.359 e. The van der Waals surface area contributed by atoms with Gasteiger partial charge in [-0.05, 0) is 6.92 Å². The minimum absolute atomic E-state index is 0.0627. The van der Waals surface area contributed by atoms with E-state index in [2.05, 4.69) is 15.6 Å². The number of aryl methyl sites for hydroxylation is 1. The van der Waals surface area contributed by atoms with Gasteiger partial charge in [-0.2, -0.15) is 5.10 Å². The number of carbonyl (C=O) groups excluding carboxylic acids is 1. The van der Waals surface area contributed by atoms with E-state index in [0.29, 0.717) is 30.2 Å². The van der Waals surface area contributed by atoms with Crippen LogP contribution in [0.15, 0.2) is 16.8 Å². The van der Waals surface area contributed by atoms with Crippen molar-refractivity contribution in [1.29, 1.82) is 0 Å². The molecule has 0 saturated carbocycles. The van der Waals surface area contributed by atoms with Crippen LogP contribution < -0.4 is 5.32 Å². The molecule has 0 saturated heterocycles. The van der Waals surface area contributed by atoms with Crippen LogP contribution in [0.25, 0.3) is 5.82 Å². The zero-order valence-corrected chi connectivity index (χ0v) is 8.73. The Bertz CT molecular complexity index is 555. The Labute approximate surface area is 91.2 Å². The first-order chi connectivity index (χ1) is 7.74. The number of nitrogens with one attached hydrogen (secondary N) is 1. The van der Waals surface area contributed by atoms with Crippen LogP contribution in [-0.4, -0.2) is 27.3 Å². The molecule has 3 heterocycles. The van der Waals surface area contributed by atoms with Crippen LogP contribution in [0.5, 0.6) is 0 Å². The SMILES string of the molecule is Cc1cc(-n2cc3c(n2)CNCC3=O)no1. The number of nitrogens with zero attached hydrogens (tertiary/aromatic N) is 3.